The van der Waals surface area contributed by atoms with E-state index in [9.17, 15) is 4.79 Å². The summed E-state index contributed by atoms with van der Waals surface area (Å²) in [6.45, 7) is 0. The maximum Gasteiger partial charge on any atom is 0.185 e. The molecule has 0 amide bonds. The zero-order valence-corrected chi connectivity index (χ0v) is 11.7. The Morgan fingerprint density at radius 1 is 0.773 bits per heavy atom. The topological polar surface area (TPSA) is 43.4 Å². The largest absolute Gasteiger partial charge is 0.455 e. The van der Waals surface area contributed by atoms with Crippen LogP contribution in [0.25, 0.3) is 33.6 Å². The molecule has 22 heavy (non-hydrogen) atoms. The molecule has 0 saturated heterocycles. The lowest BCUT2D eigenvalue weighted by atomic mass is 10.1. The highest BCUT2D eigenvalue weighted by atomic mass is 16.4. The van der Waals surface area contributed by atoms with Crippen LogP contribution >= 0.6 is 0 Å². The van der Waals surface area contributed by atoms with Crippen LogP contribution in [0.15, 0.2) is 75.6 Å². The summed E-state index contributed by atoms with van der Waals surface area (Å²) >= 11 is 0. The molecule has 3 nitrogen and oxygen atoms in total. The maximum absolute atomic E-state index is 10.8. The van der Waals surface area contributed by atoms with Crippen LogP contribution < -0.4 is 0 Å². The minimum absolute atomic E-state index is 0.307. The Morgan fingerprint density at radius 2 is 1.64 bits per heavy atom. The van der Waals surface area contributed by atoms with Crippen molar-refractivity contribution in [2.24, 2.45) is 0 Å². The fraction of sp³-hybridized carbons (Fsp3) is 0. The van der Waals surface area contributed by atoms with Gasteiger partial charge >= 0.3 is 0 Å². The summed E-state index contributed by atoms with van der Waals surface area (Å²) < 4.78 is 11.5. The maximum atomic E-state index is 10.8. The lowest BCUT2D eigenvalue weighted by Gasteiger charge is -1.98. The van der Waals surface area contributed by atoms with Gasteiger partial charge in [-0.25, -0.2) is 0 Å². The predicted molar refractivity (Wildman–Crippen MR) is 84.7 cm³/mol. The molecule has 0 aliphatic carbocycles. The van der Waals surface area contributed by atoms with Crippen LogP contribution in [-0.4, -0.2) is 6.29 Å². The minimum Gasteiger partial charge on any atom is -0.455 e. The number of furan rings is 2. The van der Waals surface area contributed by atoms with E-state index in [0.717, 1.165) is 27.9 Å². The summed E-state index contributed by atoms with van der Waals surface area (Å²) in [5.74, 6) is 1.74. The van der Waals surface area contributed by atoms with Crippen LogP contribution in [-0.2, 0) is 0 Å². The van der Waals surface area contributed by atoms with Gasteiger partial charge in [-0.2, -0.15) is 0 Å². The van der Waals surface area contributed by atoms with Crippen molar-refractivity contribution in [2.75, 3.05) is 0 Å². The van der Waals surface area contributed by atoms with Crippen LogP contribution in [0.5, 0.6) is 0 Å². The quantitative estimate of drug-likeness (QED) is 0.488. The van der Waals surface area contributed by atoms with Gasteiger partial charge in [-0.05, 0) is 24.3 Å². The molecule has 0 radical (unpaired) electrons. The summed E-state index contributed by atoms with van der Waals surface area (Å²) in [6.07, 6.45) is 0.696. The number of aldehydes is 1. The smallest absolute Gasteiger partial charge is 0.185 e. The van der Waals surface area contributed by atoms with E-state index in [0.29, 0.717) is 17.8 Å². The fourth-order valence-corrected chi connectivity index (χ4v) is 2.56. The zero-order valence-electron chi connectivity index (χ0n) is 11.7. The first-order chi connectivity index (χ1) is 10.8. The molecule has 4 aromatic rings. The number of benzene rings is 2. The Hall–Kier alpha value is -3.07. The molecule has 0 saturated carbocycles. The van der Waals surface area contributed by atoms with Gasteiger partial charge in [-0.15, -0.1) is 0 Å². The second-order valence-corrected chi connectivity index (χ2v) is 5.02. The molecule has 3 heteroatoms. The predicted octanol–water partition coefficient (Wildman–Crippen LogP) is 5.17. The number of hydrogen-bond donors (Lipinski definition) is 0. The van der Waals surface area contributed by atoms with E-state index in [1.165, 1.54) is 0 Å². The molecule has 0 aliphatic rings. The standard InChI is InChI=1S/C19H12O3/c20-12-15-9-10-17(21-15)16-8-4-7-14-11-18(22-19(14)16)13-5-2-1-3-6-13/h1-12H. The fourth-order valence-electron chi connectivity index (χ4n) is 2.56. The zero-order chi connectivity index (χ0) is 14.9. The van der Waals surface area contributed by atoms with E-state index in [-0.39, 0.29) is 0 Å². The average Bonchev–Trinajstić information content (AvgIpc) is 3.22. The summed E-state index contributed by atoms with van der Waals surface area (Å²) in [7, 11) is 0. The molecule has 0 aliphatic heterocycles. The third-order valence-corrected chi connectivity index (χ3v) is 3.61. The van der Waals surface area contributed by atoms with Crippen LogP contribution in [0.4, 0.5) is 0 Å². The average molecular weight is 288 g/mol. The number of carbonyl (C=O) groups excluding carboxylic acids is 1. The van der Waals surface area contributed by atoms with Gasteiger partial charge in [-0.3, -0.25) is 4.79 Å². The van der Waals surface area contributed by atoms with E-state index in [1.807, 2.05) is 54.6 Å². The number of para-hydroxylation sites is 1. The molecule has 0 unspecified atom stereocenters. The molecule has 2 heterocycles. The molecule has 106 valence electrons. The Bertz CT molecular complexity index is 945. The SMILES string of the molecule is O=Cc1ccc(-c2cccc3cc(-c4ccccc4)oc23)o1. The van der Waals surface area contributed by atoms with Crippen molar-refractivity contribution < 1.29 is 13.6 Å². The Kier molecular flexibility index (Phi) is 2.90. The number of carbonyl (C=O) groups is 1. The Morgan fingerprint density at radius 3 is 2.41 bits per heavy atom. The normalized spacial score (nSPS) is 10.9. The Balaban J connectivity index is 1.90. The van der Waals surface area contributed by atoms with Crippen molar-refractivity contribution in [3.63, 3.8) is 0 Å². The highest BCUT2D eigenvalue weighted by Gasteiger charge is 2.13. The number of rotatable bonds is 3. The van der Waals surface area contributed by atoms with Crippen LogP contribution in [0.1, 0.15) is 10.6 Å². The van der Waals surface area contributed by atoms with Crippen molar-refractivity contribution in [3.05, 3.63) is 72.5 Å². The van der Waals surface area contributed by atoms with Gasteiger partial charge in [-0.1, -0.05) is 42.5 Å². The van der Waals surface area contributed by atoms with Gasteiger partial charge in [0.25, 0.3) is 0 Å². The molecule has 0 atom stereocenters. The van der Waals surface area contributed by atoms with Crippen molar-refractivity contribution >= 4 is 17.3 Å². The minimum atomic E-state index is 0.307. The van der Waals surface area contributed by atoms with Crippen molar-refractivity contribution in [1.82, 2.24) is 0 Å². The van der Waals surface area contributed by atoms with Crippen molar-refractivity contribution in [2.45, 2.75) is 0 Å². The molecule has 2 aromatic heterocycles. The number of fused-ring (bicyclic) bond motifs is 1. The van der Waals surface area contributed by atoms with Crippen LogP contribution in [0.3, 0.4) is 0 Å². The first kappa shape index (κ1) is 12.7. The molecule has 2 aromatic carbocycles. The van der Waals surface area contributed by atoms with Gasteiger partial charge in [0.15, 0.2) is 12.0 Å². The number of hydrogen-bond acceptors (Lipinski definition) is 3. The third kappa shape index (κ3) is 2.04. The lowest BCUT2D eigenvalue weighted by molar-refractivity contribution is 0.110. The molecule has 0 bridgehead atoms. The molecule has 0 N–H and O–H groups in total. The van der Waals surface area contributed by atoms with Crippen LogP contribution in [0.2, 0.25) is 0 Å². The van der Waals surface area contributed by atoms with E-state index in [1.54, 1.807) is 12.1 Å². The molecular formula is C19H12O3. The van der Waals surface area contributed by atoms with Gasteiger partial charge < -0.3 is 8.83 Å². The highest BCUT2D eigenvalue weighted by Crippen LogP contribution is 2.35. The van der Waals surface area contributed by atoms with Crippen LogP contribution in [0, 0.1) is 0 Å². The Labute approximate surface area is 126 Å². The molecular weight excluding hydrogens is 276 g/mol. The van der Waals surface area contributed by atoms with E-state index >= 15 is 0 Å². The van der Waals surface area contributed by atoms with Gasteiger partial charge in [0.1, 0.15) is 17.1 Å². The van der Waals surface area contributed by atoms with Gasteiger partial charge in [0.05, 0.1) is 5.56 Å². The monoisotopic (exact) mass is 288 g/mol. The molecule has 0 fully saturated rings. The third-order valence-electron chi connectivity index (χ3n) is 3.61. The second-order valence-electron chi connectivity index (χ2n) is 5.02. The van der Waals surface area contributed by atoms with Gasteiger partial charge in [0, 0.05) is 10.9 Å². The van der Waals surface area contributed by atoms with E-state index < -0.39 is 0 Å². The van der Waals surface area contributed by atoms with Gasteiger partial charge in [0.2, 0.25) is 0 Å². The second kappa shape index (κ2) is 5.04. The highest BCUT2D eigenvalue weighted by molar-refractivity contribution is 5.94. The molecule has 4 rings (SSSR count). The lowest BCUT2D eigenvalue weighted by Crippen LogP contribution is -1.75. The van der Waals surface area contributed by atoms with E-state index in [2.05, 4.69) is 0 Å². The first-order valence-electron chi connectivity index (χ1n) is 6.98. The van der Waals surface area contributed by atoms with Crippen molar-refractivity contribution in [3.8, 4) is 22.6 Å². The van der Waals surface area contributed by atoms with Crippen molar-refractivity contribution in [1.29, 1.82) is 0 Å². The first-order valence-corrected chi connectivity index (χ1v) is 6.98. The summed E-state index contributed by atoms with van der Waals surface area (Å²) in [6, 6.07) is 21.3. The van der Waals surface area contributed by atoms with E-state index in [4.69, 9.17) is 8.83 Å². The molecule has 0 spiro atoms. The summed E-state index contributed by atoms with van der Waals surface area (Å²) in [4.78, 5) is 10.8. The summed E-state index contributed by atoms with van der Waals surface area (Å²) in [5.41, 5.74) is 2.62. The summed E-state index contributed by atoms with van der Waals surface area (Å²) in [5, 5.41) is 1.00.